The molecule has 9 aromatic rings. The van der Waals surface area contributed by atoms with Crippen molar-refractivity contribution in [1.82, 2.24) is 9.97 Å². The number of hydrogen-bond acceptors (Lipinski definition) is 2. The Hall–Kier alpha value is -6.64. The van der Waals surface area contributed by atoms with Crippen LogP contribution in [0.5, 0.6) is 0 Å². The average molecular weight is 801 g/mol. The molecule has 2 nitrogen and oxygen atoms in total. The minimum atomic E-state index is 0.462. The standard InChI is InChI=1S/C60H52N2/c1-7-20-41(21-8-1)52-39-53(57(45-28-15-5-16-29-45)58(46-30-17-6-18-31-46)56(52)44-26-13-4-14-27-44)49-33-19-32-48(38-49)51-40-55(43-24-11-3-12-25-43)62-60-50(51)36-34-47-35-37-54(61-59(47)60)42-22-9-2-10-23-42/h1,4-8,13-21,26-40,42-43H,2-3,9-12,22-25H2. The molecule has 2 heteroatoms. The summed E-state index contributed by atoms with van der Waals surface area (Å²) in [6, 6.07) is 67.4. The zero-order chi connectivity index (χ0) is 41.2. The molecule has 2 saturated carbocycles. The van der Waals surface area contributed by atoms with Crippen molar-refractivity contribution in [3.05, 3.63) is 193 Å². The van der Waals surface area contributed by atoms with Gasteiger partial charge in [0.1, 0.15) is 0 Å². The van der Waals surface area contributed by atoms with E-state index in [4.69, 9.17) is 9.97 Å². The maximum absolute atomic E-state index is 5.60. The first-order valence-corrected chi connectivity index (χ1v) is 23.0. The SMILES string of the molecule is c1ccc(-c2cc(-c3cccc(-c4cc(C5CCCCC5)nc5c4ccc4ccc(C6CCCCC6)nc45)c3)c(-c3ccccc3)c(-c3ccccc3)c2-c2ccccc2)cc1. The maximum Gasteiger partial charge on any atom is 0.0974 e. The second kappa shape index (κ2) is 17.0. The molecule has 2 fully saturated rings. The van der Waals surface area contributed by atoms with Gasteiger partial charge in [-0.1, -0.05) is 196 Å². The second-order valence-electron chi connectivity index (χ2n) is 17.7. The lowest BCUT2D eigenvalue weighted by atomic mass is 9.78. The van der Waals surface area contributed by atoms with Gasteiger partial charge in [-0.25, -0.2) is 0 Å². The molecular formula is C60H52N2. The van der Waals surface area contributed by atoms with Crippen molar-refractivity contribution in [2.45, 2.75) is 76.0 Å². The molecule has 2 heterocycles. The van der Waals surface area contributed by atoms with Gasteiger partial charge in [0.15, 0.2) is 0 Å². The molecule has 11 rings (SSSR count). The van der Waals surface area contributed by atoms with Crippen LogP contribution in [0.4, 0.5) is 0 Å². The van der Waals surface area contributed by atoms with Crippen LogP contribution in [0, 0.1) is 0 Å². The third-order valence-corrected chi connectivity index (χ3v) is 13.8. The summed E-state index contributed by atoms with van der Waals surface area (Å²) >= 11 is 0. The first-order valence-electron chi connectivity index (χ1n) is 23.0. The molecule has 2 aliphatic carbocycles. The van der Waals surface area contributed by atoms with Gasteiger partial charge in [-0.05, 0) is 117 Å². The highest BCUT2D eigenvalue weighted by Gasteiger charge is 2.26. The van der Waals surface area contributed by atoms with Gasteiger partial charge >= 0.3 is 0 Å². The molecule has 0 saturated heterocycles. The summed E-state index contributed by atoms with van der Waals surface area (Å²) in [4.78, 5) is 11.1. The third-order valence-electron chi connectivity index (χ3n) is 13.8. The lowest BCUT2D eigenvalue weighted by Crippen LogP contribution is -2.08. The minimum absolute atomic E-state index is 0.462. The number of benzene rings is 7. The van der Waals surface area contributed by atoms with E-state index in [0.717, 1.165) is 11.0 Å². The topological polar surface area (TPSA) is 25.8 Å². The van der Waals surface area contributed by atoms with Gasteiger partial charge in [-0.2, -0.15) is 0 Å². The zero-order valence-electron chi connectivity index (χ0n) is 35.4. The van der Waals surface area contributed by atoms with Crippen molar-refractivity contribution >= 4 is 21.8 Å². The predicted molar refractivity (Wildman–Crippen MR) is 261 cm³/mol. The minimum Gasteiger partial charge on any atom is -0.250 e. The lowest BCUT2D eigenvalue weighted by molar-refractivity contribution is 0.437. The van der Waals surface area contributed by atoms with Gasteiger partial charge < -0.3 is 0 Å². The molecule has 0 spiro atoms. The van der Waals surface area contributed by atoms with Crippen LogP contribution in [0.2, 0.25) is 0 Å². The predicted octanol–water partition coefficient (Wildman–Crippen LogP) is 16.9. The Balaban J connectivity index is 1.18. The largest absolute Gasteiger partial charge is 0.250 e. The summed E-state index contributed by atoms with van der Waals surface area (Å²) in [6.45, 7) is 0. The van der Waals surface area contributed by atoms with Crippen LogP contribution in [-0.4, -0.2) is 9.97 Å². The number of fused-ring (bicyclic) bond motifs is 3. The Bertz CT molecular complexity index is 3000. The fourth-order valence-corrected chi connectivity index (χ4v) is 10.7. The zero-order valence-corrected chi connectivity index (χ0v) is 35.4. The lowest BCUT2D eigenvalue weighted by Gasteiger charge is -2.25. The number of hydrogen-bond donors (Lipinski definition) is 0. The first-order chi connectivity index (χ1) is 30.8. The summed E-state index contributed by atoms with van der Waals surface area (Å²) in [7, 11) is 0. The highest BCUT2D eigenvalue weighted by atomic mass is 14.8. The van der Waals surface area contributed by atoms with Crippen molar-refractivity contribution in [3.8, 4) is 66.8 Å². The highest BCUT2D eigenvalue weighted by Crippen LogP contribution is 2.51. The molecule has 0 aliphatic heterocycles. The van der Waals surface area contributed by atoms with E-state index < -0.39 is 0 Å². The Kier molecular flexibility index (Phi) is 10.5. The quantitative estimate of drug-likeness (QED) is 0.143. The van der Waals surface area contributed by atoms with E-state index in [0.29, 0.717) is 11.8 Å². The van der Waals surface area contributed by atoms with Crippen LogP contribution in [-0.2, 0) is 0 Å². The van der Waals surface area contributed by atoms with Gasteiger partial charge in [-0.3, -0.25) is 9.97 Å². The summed E-state index contributed by atoms with van der Waals surface area (Å²) < 4.78 is 0. The van der Waals surface area contributed by atoms with Crippen molar-refractivity contribution in [1.29, 1.82) is 0 Å². The molecule has 2 aliphatic rings. The highest BCUT2D eigenvalue weighted by molar-refractivity contribution is 6.10. The van der Waals surface area contributed by atoms with Gasteiger partial charge in [-0.15, -0.1) is 0 Å². The number of aromatic nitrogens is 2. The van der Waals surface area contributed by atoms with Crippen LogP contribution < -0.4 is 0 Å². The normalized spacial score (nSPS) is 15.0. The van der Waals surface area contributed by atoms with Gasteiger partial charge in [0, 0.05) is 34.0 Å². The fraction of sp³-hybridized carbons (Fsp3) is 0.200. The van der Waals surface area contributed by atoms with Crippen molar-refractivity contribution in [2.75, 3.05) is 0 Å². The van der Waals surface area contributed by atoms with E-state index >= 15 is 0 Å². The average Bonchev–Trinajstić information content (AvgIpc) is 3.36. The second-order valence-corrected chi connectivity index (χ2v) is 17.7. The molecule has 7 aromatic carbocycles. The van der Waals surface area contributed by atoms with Crippen LogP contribution in [0.15, 0.2) is 182 Å². The summed E-state index contributed by atoms with van der Waals surface area (Å²) in [6.07, 6.45) is 12.6. The van der Waals surface area contributed by atoms with Crippen LogP contribution >= 0.6 is 0 Å². The summed E-state index contributed by atoms with van der Waals surface area (Å²) in [5.41, 5.74) is 19.2. The van der Waals surface area contributed by atoms with Crippen LogP contribution in [0.1, 0.15) is 87.4 Å². The van der Waals surface area contributed by atoms with E-state index in [2.05, 4.69) is 182 Å². The fourth-order valence-electron chi connectivity index (χ4n) is 10.7. The van der Waals surface area contributed by atoms with Crippen molar-refractivity contribution in [2.24, 2.45) is 0 Å². The molecule has 0 bridgehead atoms. The van der Waals surface area contributed by atoms with Gasteiger partial charge in [0.2, 0.25) is 0 Å². The van der Waals surface area contributed by atoms with Crippen LogP contribution in [0.3, 0.4) is 0 Å². The van der Waals surface area contributed by atoms with Crippen LogP contribution in [0.25, 0.3) is 88.6 Å². The third kappa shape index (κ3) is 7.32. The van der Waals surface area contributed by atoms with E-state index in [1.165, 1.54) is 153 Å². The van der Waals surface area contributed by atoms with Gasteiger partial charge in [0.25, 0.3) is 0 Å². The Labute approximate surface area is 366 Å². The number of pyridine rings is 2. The van der Waals surface area contributed by atoms with E-state index in [1.54, 1.807) is 0 Å². The van der Waals surface area contributed by atoms with E-state index in [-0.39, 0.29) is 0 Å². The van der Waals surface area contributed by atoms with E-state index in [9.17, 15) is 0 Å². The molecule has 0 N–H and O–H groups in total. The molecule has 302 valence electrons. The molecule has 2 aromatic heterocycles. The number of rotatable bonds is 8. The smallest absolute Gasteiger partial charge is 0.0974 e. The van der Waals surface area contributed by atoms with Crippen molar-refractivity contribution in [3.63, 3.8) is 0 Å². The monoisotopic (exact) mass is 800 g/mol. The number of nitrogens with zero attached hydrogens (tertiary/aromatic N) is 2. The molecule has 62 heavy (non-hydrogen) atoms. The van der Waals surface area contributed by atoms with E-state index in [1.807, 2.05) is 0 Å². The Morgan fingerprint density at radius 3 is 1.34 bits per heavy atom. The first kappa shape index (κ1) is 38.3. The van der Waals surface area contributed by atoms with Crippen molar-refractivity contribution < 1.29 is 0 Å². The Morgan fingerprint density at radius 2 is 0.758 bits per heavy atom. The molecule has 0 radical (unpaired) electrons. The molecule has 0 unspecified atom stereocenters. The summed E-state index contributed by atoms with van der Waals surface area (Å²) in [5, 5.41) is 2.36. The maximum atomic E-state index is 5.60. The molecule has 0 amide bonds. The molecular weight excluding hydrogens is 749 g/mol. The summed E-state index contributed by atoms with van der Waals surface area (Å²) in [5.74, 6) is 0.999. The Morgan fingerprint density at radius 1 is 0.306 bits per heavy atom. The molecule has 0 atom stereocenters. The van der Waals surface area contributed by atoms with Gasteiger partial charge in [0.05, 0.1) is 11.0 Å².